The fourth-order valence-electron chi connectivity index (χ4n) is 2.94. The fourth-order valence-corrected chi connectivity index (χ4v) is 4.22. The van der Waals surface area contributed by atoms with E-state index in [0.29, 0.717) is 5.69 Å². The lowest BCUT2D eigenvalue weighted by molar-refractivity contribution is 0.101. The number of nitrogens with one attached hydrogen (secondary N) is 2. The Morgan fingerprint density at radius 1 is 0.968 bits per heavy atom. The van der Waals surface area contributed by atoms with Gasteiger partial charge in [-0.3, -0.25) is 9.52 Å². The smallest absolute Gasteiger partial charge is 0.262 e. The summed E-state index contributed by atoms with van der Waals surface area (Å²) in [6, 6.07) is 14.5. The number of hydrogen-bond acceptors (Lipinski definition) is 5. The van der Waals surface area contributed by atoms with Gasteiger partial charge in [0, 0.05) is 17.4 Å². The molecule has 0 aliphatic carbocycles. The Morgan fingerprint density at radius 2 is 1.71 bits per heavy atom. The Morgan fingerprint density at radius 3 is 2.45 bits per heavy atom. The minimum atomic E-state index is -4.02. The molecular formula is C21H16ClFN2O5S. The molecule has 1 amide bonds. The minimum absolute atomic E-state index is 0.0499. The zero-order chi connectivity index (χ0) is 22.0. The van der Waals surface area contributed by atoms with Gasteiger partial charge in [-0.2, -0.15) is 0 Å². The Balaban J connectivity index is 1.71. The van der Waals surface area contributed by atoms with Crippen LogP contribution in [0.25, 0.3) is 0 Å². The number of rotatable bonds is 5. The van der Waals surface area contributed by atoms with Crippen LogP contribution in [0.3, 0.4) is 0 Å². The molecule has 0 radical (unpaired) electrons. The lowest BCUT2D eigenvalue weighted by Gasteiger charge is -2.22. The van der Waals surface area contributed by atoms with Gasteiger partial charge in [0.15, 0.2) is 11.5 Å². The number of benzene rings is 3. The molecule has 0 spiro atoms. The SMILES string of the molecule is O=C(Nc1ccc(F)c(Cl)c1)c1cc(S(=O)(=O)Nc2ccccc2)cc2c1OCCO2. The van der Waals surface area contributed by atoms with E-state index in [1.165, 1.54) is 24.3 Å². The third-order valence-corrected chi connectivity index (χ3v) is 6.02. The maximum atomic E-state index is 13.4. The molecule has 1 heterocycles. The van der Waals surface area contributed by atoms with Crippen LogP contribution in [-0.2, 0) is 10.0 Å². The quantitative estimate of drug-likeness (QED) is 0.589. The number of halogens is 2. The van der Waals surface area contributed by atoms with Crippen LogP contribution >= 0.6 is 11.6 Å². The number of fused-ring (bicyclic) bond motifs is 1. The van der Waals surface area contributed by atoms with E-state index in [2.05, 4.69) is 10.0 Å². The highest BCUT2D eigenvalue weighted by Crippen LogP contribution is 2.37. The number of sulfonamides is 1. The van der Waals surface area contributed by atoms with Crippen LogP contribution < -0.4 is 19.5 Å². The largest absolute Gasteiger partial charge is 0.486 e. The number of carbonyl (C=O) groups excluding carboxylic acids is 1. The topological polar surface area (TPSA) is 93.7 Å². The van der Waals surface area contributed by atoms with Gasteiger partial charge in [-0.15, -0.1) is 0 Å². The van der Waals surface area contributed by atoms with Crippen molar-refractivity contribution in [2.24, 2.45) is 0 Å². The second-order valence-corrected chi connectivity index (χ2v) is 8.64. The predicted octanol–water partition coefficient (Wildman–Crippen LogP) is 4.30. The van der Waals surface area contributed by atoms with Gasteiger partial charge in [-0.05, 0) is 36.4 Å². The monoisotopic (exact) mass is 462 g/mol. The molecule has 1 aliphatic rings. The lowest BCUT2D eigenvalue weighted by Crippen LogP contribution is -2.22. The average molecular weight is 463 g/mol. The van der Waals surface area contributed by atoms with E-state index in [9.17, 15) is 17.6 Å². The fraction of sp³-hybridized carbons (Fsp3) is 0.0952. The molecule has 7 nitrogen and oxygen atoms in total. The maximum absolute atomic E-state index is 13.4. The minimum Gasteiger partial charge on any atom is -0.486 e. The molecule has 31 heavy (non-hydrogen) atoms. The normalized spacial score (nSPS) is 12.8. The number of hydrogen-bond donors (Lipinski definition) is 2. The summed E-state index contributed by atoms with van der Waals surface area (Å²) in [6.07, 6.45) is 0. The van der Waals surface area contributed by atoms with Crippen molar-refractivity contribution in [2.75, 3.05) is 23.3 Å². The van der Waals surface area contributed by atoms with Crippen LogP contribution in [0, 0.1) is 5.82 Å². The second kappa shape index (κ2) is 8.44. The Hall–Kier alpha value is -3.30. The second-order valence-electron chi connectivity index (χ2n) is 6.55. The summed E-state index contributed by atoms with van der Waals surface area (Å²) in [5.41, 5.74) is 0.549. The highest BCUT2D eigenvalue weighted by Gasteiger charge is 2.27. The summed E-state index contributed by atoms with van der Waals surface area (Å²) >= 11 is 5.76. The molecule has 0 bridgehead atoms. The summed E-state index contributed by atoms with van der Waals surface area (Å²) in [5, 5.41) is 2.40. The number of anilines is 2. The summed E-state index contributed by atoms with van der Waals surface area (Å²) in [5.74, 6) is -1.05. The molecule has 0 unspecified atom stereocenters. The molecule has 3 aromatic carbocycles. The average Bonchev–Trinajstić information content (AvgIpc) is 2.76. The molecule has 0 fully saturated rings. The number of para-hydroxylation sites is 1. The summed E-state index contributed by atoms with van der Waals surface area (Å²) in [7, 11) is -4.02. The van der Waals surface area contributed by atoms with E-state index in [1.54, 1.807) is 30.3 Å². The molecule has 2 N–H and O–H groups in total. The van der Waals surface area contributed by atoms with Crippen molar-refractivity contribution in [3.63, 3.8) is 0 Å². The Labute approximate surface area is 182 Å². The van der Waals surface area contributed by atoms with Crippen molar-refractivity contribution in [3.05, 3.63) is 77.1 Å². The first-order valence-electron chi connectivity index (χ1n) is 9.11. The van der Waals surface area contributed by atoms with Crippen LogP contribution in [0.5, 0.6) is 11.5 Å². The van der Waals surface area contributed by atoms with Crippen LogP contribution in [0.4, 0.5) is 15.8 Å². The Bertz CT molecular complexity index is 1250. The van der Waals surface area contributed by atoms with E-state index in [-0.39, 0.29) is 45.9 Å². The van der Waals surface area contributed by atoms with Crippen LogP contribution in [0.2, 0.25) is 5.02 Å². The van der Waals surface area contributed by atoms with Crippen LogP contribution in [0.15, 0.2) is 65.6 Å². The Kier molecular flexibility index (Phi) is 5.71. The first-order chi connectivity index (χ1) is 14.8. The zero-order valence-electron chi connectivity index (χ0n) is 15.9. The maximum Gasteiger partial charge on any atom is 0.262 e. The van der Waals surface area contributed by atoms with Crippen molar-refractivity contribution in [2.45, 2.75) is 4.90 Å². The van der Waals surface area contributed by atoms with E-state index < -0.39 is 21.7 Å². The van der Waals surface area contributed by atoms with Crippen molar-refractivity contribution < 1.29 is 27.1 Å². The van der Waals surface area contributed by atoms with Gasteiger partial charge in [0.2, 0.25) is 0 Å². The van der Waals surface area contributed by atoms with Gasteiger partial charge < -0.3 is 14.8 Å². The standard InChI is InChI=1S/C21H16ClFN2O5S/c22-17-10-14(6-7-18(17)23)24-21(26)16-11-15(12-19-20(16)30-9-8-29-19)31(27,28)25-13-4-2-1-3-5-13/h1-7,10-12,25H,8-9H2,(H,24,26). The number of carbonyl (C=O) groups is 1. The summed E-state index contributed by atoms with van der Waals surface area (Å²) in [4.78, 5) is 12.7. The highest BCUT2D eigenvalue weighted by atomic mass is 35.5. The van der Waals surface area contributed by atoms with Gasteiger partial charge >= 0.3 is 0 Å². The van der Waals surface area contributed by atoms with Crippen LogP contribution in [0.1, 0.15) is 10.4 Å². The lowest BCUT2D eigenvalue weighted by atomic mass is 10.1. The number of ether oxygens (including phenoxy) is 2. The third-order valence-electron chi connectivity index (χ3n) is 4.37. The van der Waals surface area contributed by atoms with Crippen molar-refractivity contribution >= 4 is 38.9 Å². The van der Waals surface area contributed by atoms with Gasteiger partial charge in [0.05, 0.1) is 15.5 Å². The van der Waals surface area contributed by atoms with Crippen molar-refractivity contribution in [3.8, 4) is 11.5 Å². The molecule has 160 valence electrons. The van der Waals surface area contributed by atoms with Gasteiger partial charge in [0.1, 0.15) is 19.0 Å². The molecular weight excluding hydrogens is 447 g/mol. The van der Waals surface area contributed by atoms with Crippen molar-refractivity contribution in [1.82, 2.24) is 0 Å². The first-order valence-corrected chi connectivity index (χ1v) is 11.0. The van der Waals surface area contributed by atoms with Gasteiger partial charge in [-0.1, -0.05) is 29.8 Å². The molecule has 0 saturated carbocycles. The van der Waals surface area contributed by atoms with Crippen molar-refractivity contribution in [1.29, 1.82) is 0 Å². The highest BCUT2D eigenvalue weighted by molar-refractivity contribution is 7.92. The van der Waals surface area contributed by atoms with E-state index in [1.807, 2.05) is 0 Å². The van der Waals surface area contributed by atoms with Gasteiger partial charge in [0.25, 0.3) is 15.9 Å². The molecule has 0 saturated heterocycles. The van der Waals surface area contributed by atoms with E-state index >= 15 is 0 Å². The van der Waals surface area contributed by atoms with E-state index in [4.69, 9.17) is 21.1 Å². The molecule has 0 atom stereocenters. The van der Waals surface area contributed by atoms with Gasteiger partial charge in [-0.25, -0.2) is 12.8 Å². The summed E-state index contributed by atoms with van der Waals surface area (Å²) in [6.45, 7) is 0.404. The zero-order valence-corrected chi connectivity index (χ0v) is 17.5. The molecule has 4 rings (SSSR count). The summed E-state index contributed by atoms with van der Waals surface area (Å²) < 4.78 is 52.7. The molecule has 1 aliphatic heterocycles. The number of amides is 1. The molecule has 3 aromatic rings. The predicted molar refractivity (Wildman–Crippen MR) is 114 cm³/mol. The first kappa shape index (κ1) is 21.0. The van der Waals surface area contributed by atoms with E-state index in [0.717, 1.165) is 6.07 Å². The van der Waals surface area contributed by atoms with Crippen LogP contribution in [-0.4, -0.2) is 27.5 Å². The molecule has 0 aromatic heterocycles. The third kappa shape index (κ3) is 4.57. The molecule has 10 heteroatoms.